The molecule has 2 N–H and O–H groups in total. The van der Waals surface area contributed by atoms with Gasteiger partial charge in [0.25, 0.3) is 5.91 Å². The lowest BCUT2D eigenvalue weighted by molar-refractivity contribution is -0.145. The fourth-order valence-corrected chi connectivity index (χ4v) is 7.17. The number of carbonyl (C=O) groups is 2. The maximum Gasteiger partial charge on any atom is 0.266 e. The van der Waals surface area contributed by atoms with E-state index >= 15 is 0 Å². The van der Waals surface area contributed by atoms with E-state index in [1.807, 2.05) is 49.3 Å². The first-order valence-electron chi connectivity index (χ1n) is 16.2. The normalized spacial score (nSPS) is 21.3. The van der Waals surface area contributed by atoms with Gasteiger partial charge >= 0.3 is 0 Å². The molecule has 2 aromatic carbocycles. The van der Waals surface area contributed by atoms with Gasteiger partial charge in [0.1, 0.15) is 5.75 Å². The molecule has 1 aromatic heterocycles. The first kappa shape index (κ1) is 28.9. The molecule has 7 rings (SSSR count). The number of likely N-dealkylation sites (tertiary alicyclic amines) is 1. The van der Waals surface area contributed by atoms with Gasteiger partial charge in [-0.2, -0.15) is 5.10 Å². The van der Waals surface area contributed by atoms with Gasteiger partial charge in [-0.05, 0) is 69.2 Å². The number of benzene rings is 2. The van der Waals surface area contributed by atoms with Crippen molar-refractivity contribution in [3.05, 3.63) is 66.5 Å². The number of nitrogens with zero attached hydrogens (tertiary/aromatic N) is 4. The molecule has 232 valence electrons. The van der Waals surface area contributed by atoms with Crippen LogP contribution in [0.15, 0.2) is 60.9 Å². The van der Waals surface area contributed by atoms with Crippen molar-refractivity contribution >= 4 is 17.5 Å². The van der Waals surface area contributed by atoms with Gasteiger partial charge in [-0.25, -0.2) is 0 Å². The minimum atomic E-state index is -0.955. The molecule has 1 atom stereocenters. The Morgan fingerprint density at radius 3 is 2.57 bits per heavy atom. The van der Waals surface area contributed by atoms with Crippen LogP contribution in [0.5, 0.6) is 5.75 Å². The van der Waals surface area contributed by atoms with Crippen LogP contribution < -0.4 is 15.0 Å². The monoisotopic (exact) mass is 596 g/mol. The van der Waals surface area contributed by atoms with Crippen molar-refractivity contribution in [2.75, 3.05) is 44.2 Å². The molecule has 44 heavy (non-hydrogen) atoms. The van der Waals surface area contributed by atoms with Gasteiger partial charge < -0.3 is 24.8 Å². The highest BCUT2D eigenvalue weighted by atomic mass is 16.5. The highest BCUT2D eigenvalue weighted by Crippen LogP contribution is 2.37. The Bertz CT molecular complexity index is 1480. The highest BCUT2D eigenvalue weighted by Gasteiger charge is 2.47. The molecule has 1 saturated carbocycles. The number of anilines is 1. The van der Waals surface area contributed by atoms with Crippen LogP contribution in [0.3, 0.4) is 0 Å². The molecule has 0 radical (unpaired) electrons. The van der Waals surface area contributed by atoms with Crippen LogP contribution in [0.2, 0.25) is 0 Å². The highest BCUT2D eigenvalue weighted by molar-refractivity contribution is 5.85. The molecule has 9 heteroatoms. The molecule has 9 nitrogen and oxygen atoms in total. The Hall–Kier alpha value is -3.85. The van der Waals surface area contributed by atoms with E-state index in [-0.39, 0.29) is 23.1 Å². The fraction of sp³-hybridized carbons (Fsp3) is 0.514. The van der Waals surface area contributed by atoms with E-state index in [1.165, 1.54) is 0 Å². The Balaban J connectivity index is 0.992. The number of carbonyl (C=O) groups excluding carboxylic acids is 2. The summed E-state index contributed by atoms with van der Waals surface area (Å²) in [6, 6.07) is 16.8. The molecule has 3 aliphatic heterocycles. The number of piperidine rings is 1. The van der Waals surface area contributed by atoms with E-state index in [0.717, 1.165) is 87.2 Å². The van der Waals surface area contributed by atoms with E-state index < -0.39 is 5.60 Å². The summed E-state index contributed by atoms with van der Waals surface area (Å²) in [6.07, 6.45) is 8.81. The summed E-state index contributed by atoms with van der Waals surface area (Å²) in [6.45, 7) is 9.59. The van der Waals surface area contributed by atoms with Gasteiger partial charge in [-0.1, -0.05) is 30.3 Å². The van der Waals surface area contributed by atoms with E-state index in [1.54, 1.807) is 0 Å². The standard InChI is InChI=1S/C35H44N6O3/c1-34(2,33(43)40-16-14-35(24-40)22-36-23-35)44-31-7-3-6-30(17-31)39-15-4-5-27(21-39)32(42)41(29-12-13-29)20-25-8-10-26(11-9-25)28-18-37-38-19-28/h3,6-11,17-19,27,29,36H,4-5,12-16,20-24H2,1-2H3,(H,37,38)/t27-/m1/s1. The molecular weight excluding hydrogens is 552 g/mol. The van der Waals surface area contributed by atoms with Crippen molar-refractivity contribution in [3.63, 3.8) is 0 Å². The van der Waals surface area contributed by atoms with E-state index in [9.17, 15) is 9.59 Å². The number of aromatic amines is 1. The zero-order valence-electron chi connectivity index (χ0n) is 25.9. The average Bonchev–Trinajstić information content (AvgIpc) is 3.50. The molecule has 0 unspecified atom stereocenters. The van der Waals surface area contributed by atoms with Gasteiger partial charge in [0.2, 0.25) is 5.91 Å². The SMILES string of the molecule is CC(C)(Oc1cccc(N2CCC[C@@H](C(=O)N(Cc3ccc(-c4cn[nH]c4)cc3)C3CC3)C2)c1)C(=O)N1CCC2(CNC2)C1. The molecule has 0 bridgehead atoms. The topological polar surface area (TPSA) is 93.8 Å². The zero-order valence-corrected chi connectivity index (χ0v) is 25.9. The largest absolute Gasteiger partial charge is 0.478 e. The van der Waals surface area contributed by atoms with Crippen LogP contribution in [0.1, 0.15) is 51.5 Å². The molecule has 4 aliphatic rings. The number of rotatable bonds is 9. The smallest absolute Gasteiger partial charge is 0.266 e. The minimum Gasteiger partial charge on any atom is -0.478 e. The molecule has 3 aromatic rings. The second kappa shape index (κ2) is 11.6. The molecule has 2 amide bonds. The lowest BCUT2D eigenvalue weighted by Crippen LogP contribution is -2.56. The number of nitrogens with one attached hydrogen (secondary N) is 2. The van der Waals surface area contributed by atoms with E-state index in [2.05, 4.69) is 55.6 Å². The first-order valence-corrected chi connectivity index (χ1v) is 16.2. The maximum absolute atomic E-state index is 14.0. The summed E-state index contributed by atoms with van der Waals surface area (Å²) in [4.78, 5) is 33.8. The lowest BCUT2D eigenvalue weighted by atomic mass is 9.81. The summed E-state index contributed by atoms with van der Waals surface area (Å²) >= 11 is 0. The van der Waals surface area contributed by atoms with Crippen LogP contribution >= 0.6 is 0 Å². The van der Waals surface area contributed by atoms with Crippen molar-refractivity contribution < 1.29 is 14.3 Å². The fourth-order valence-electron chi connectivity index (χ4n) is 7.17. The molecule has 4 fully saturated rings. The van der Waals surface area contributed by atoms with Crippen LogP contribution in [0.25, 0.3) is 11.1 Å². The van der Waals surface area contributed by atoms with Crippen LogP contribution in [-0.4, -0.2) is 82.7 Å². The van der Waals surface area contributed by atoms with Gasteiger partial charge in [-0.3, -0.25) is 14.7 Å². The quantitative estimate of drug-likeness (QED) is 0.379. The lowest BCUT2D eigenvalue weighted by Gasteiger charge is -2.39. The zero-order chi connectivity index (χ0) is 30.3. The summed E-state index contributed by atoms with van der Waals surface area (Å²) in [7, 11) is 0. The van der Waals surface area contributed by atoms with Crippen LogP contribution in [0, 0.1) is 11.3 Å². The number of hydrogen-bond acceptors (Lipinski definition) is 6. The minimum absolute atomic E-state index is 0.0411. The Kier molecular flexibility index (Phi) is 7.60. The predicted octanol–water partition coefficient (Wildman–Crippen LogP) is 4.46. The number of H-pyrrole nitrogens is 1. The third-order valence-electron chi connectivity index (χ3n) is 9.98. The molecule has 3 saturated heterocycles. The molecule has 1 spiro atoms. The van der Waals surface area contributed by atoms with Crippen molar-refractivity contribution in [3.8, 4) is 16.9 Å². The number of ether oxygens (including phenoxy) is 1. The van der Waals surface area contributed by atoms with Crippen LogP contribution in [-0.2, 0) is 16.1 Å². The Labute approximate surface area is 259 Å². The maximum atomic E-state index is 14.0. The second-order valence-electron chi connectivity index (χ2n) is 13.9. The Morgan fingerprint density at radius 1 is 1.07 bits per heavy atom. The summed E-state index contributed by atoms with van der Waals surface area (Å²) in [5, 5.41) is 10.3. The number of aromatic nitrogens is 2. The van der Waals surface area contributed by atoms with Crippen molar-refractivity contribution in [2.45, 2.75) is 64.1 Å². The number of amides is 2. The van der Waals surface area contributed by atoms with Crippen LogP contribution in [0.4, 0.5) is 5.69 Å². The predicted molar refractivity (Wildman–Crippen MR) is 170 cm³/mol. The third-order valence-corrected chi connectivity index (χ3v) is 9.98. The van der Waals surface area contributed by atoms with Gasteiger partial charge in [0.05, 0.1) is 12.1 Å². The summed E-state index contributed by atoms with van der Waals surface area (Å²) in [5.41, 5.74) is 3.67. The molecular formula is C35H44N6O3. The van der Waals surface area contributed by atoms with E-state index in [0.29, 0.717) is 24.9 Å². The van der Waals surface area contributed by atoms with Crippen molar-refractivity contribution in [1.29, 1.82) is 0 Å². The summed E-state index contributed by atoms with van der Waals surface area (Å²) < 4.78 is 6.36. The third kappa shape index (κ3) is 5.94. The summed E-state index contributed by atoms with van der Waals surface area (Å²) in [5.74, 6) is 0.958. The van der Waals surface area contributed by atoms with E-state index in [4.69, 9.17) is 4.74 Å². The van der Waals surface area contributed by atoms with Crippen molar-refractivity contribution in [1.82, 2.24) is 25.3 Å². The molecule has 4 heterocycles. The van der Waals surface area contributed by atoms with Gasteiger partial charge in [0, 0.05) is 80.8 Å². The van der Waals surface area contributed by atoms with Crippen molar-refractivity contribution in [2.24, 2.45) is 11.3 Å². The second-order valence-corrected chi connectivity index (χ2v) is 13.9. The number of hydrogen-bond donors (Lipinski definition) is 2. The average molecular weight is 597 g/mol. The van der Waals surface area contributed by atoms with Gasteiger partial charge in [-0.15, -0.1) is 0 Å². The first-order chi connectivity index (χ1) is 21.3. The Morgan fingerprint density at radius 2 is 1.89 bits per heavy atom. The van der Waals surface area contributed by atoms with Gasteiger partial charge in [0.15, 0.2) is 5.60 Å². The molecule has 1 aliphatic carbocycles.